The number of likely N-dealkylation sites (N-methyl/N-ethyl adjacent to an activating group) is 1. The van der Waals surface area contributed by atoms with Gasteiger partial charge in [0.2, 0.25) is 10.0 Å². The highest BCUT2D eigenvalue weighted by Crippen LogP contribution is 2.51. The van der Waals surface area contributed by atoms with Gasteiger partial charge in [-0.3, -0.25) is 0 Å². The van der Waals surface area contributed by atoms with Crippen molar-refractivity contribution in [1.82, 2.24) is 14.1 Å². The Labute approximate surface area is 189 Å². The molecule has 0 radical (unpaired) electrons. The maximum atomic E-state index is 13.7. The van der Waals surface area contributed by atoms with Crippen LogP contribution in [0.4, 0.5) is 10.5 Å². The Hall–Kier alpha value is -2.35. The lowest BCUT2D eigenvalue weighted by Gasteiger charge is -2.38. The van der Waals surface area contributed by atoms with Gasteiger partial charge in [0.1, 0.15) is 11.0 Å². The second-order valence-electron chi connectivity index (χ2n) is 10.1. The van der Waals surface area contributed by atoms with Crippen molar-refractivity contribution >= 4 is 21.7 Å². The summed E-state index contributed by atoms with van der Waals surface area (Å²) in [5, 5.41) is 9.65. The highest BCUT2D eigenvalue weighted by Gasteiger charge is 2.58. The maximum Gasteiger partial charge on any atom is 0.320 e. The number of urea groups is 1. The van der Waals surface area contributed by atoms with Crippen LogP contribution in [0.2, 0.25) is 0 Å². The van der Waals surface area contributed by atoms with Gasteiger partial charge < -0.3 is 19.4 Å². The molecule has 5 rings (SSSR count). The molecule has 3 atom stereocenters. The lowest BCUT2D eigenvalue weighted by molar-refractivity contribution is 0.145. The van der Waals surface area contributed by atoms with E-state index in [1.807, 2.05) is 11.0 Å². The minimum atomic E-state index is -3.84. The van der Waals surface area contributed by atoms with Crippen LogP contribution in [0.5, 0.6) is 0 Å². The third-order valence-corrected chi connectivity index (χ3v) is 9.79. The van der Waals surface area contributed by atoms with Gasteiger partial charge in [-0.05, 0) is 18.2 Å². The second kappa shape index (κ2) is 7.07. The van der Waals surface area contributed by atoms with Gasteiger partial charge in [0.15, 0.2) is 0 Å². The summed E-state index contributed by atoms with van der Waals surface area (Å²) < 4.78 is 34.6. The molecule has 9 nitrogen and oxygen atoms in total. The molecule has 0 bridgehead atoms. The molecule has 32 heavy (non-hydrogen) atoms. The van der Waals surface area contributed by atoms with E-state index in [9.17, 15) is 18.5 Å². The summed E-state index contributed by atoms with van der Waals surface area (Å²) in [4.78, 5) is 18.0. The molecule has 0 spiro atoms. The number of hydrogen-bond donors (Lipinski definition) is 0. The molecule has 4 saturated heterocycles. The van der Waals surface area contributed by atoms with Crippen molar-refractivity contribution in [3.8, 4) is 6.07 Å². The Morgan fingerprint density at radius 1 is 1.12 bits per heavy atom. The summed E-state index contributed by atoms with van der Waals surface area (Å²) in [6.45, 7) is 8.53. The third-order valence-electron chi connectivity index (χ3n) is 7.96. The zero-order valence-electron chi connectivity index (χ0n) is 18.7. The number of sulfonamides is 1. The first-order chi connectivity index (χ1) is 15.1. The number of piperazine rings is 1. The van der Waals surface area contributed by atoms with Crippen LogP contribution >= 0.6 is 0 Å². The molecule has 4 fully saturated rings. The summed E-state index contributed by atoms with van der Waals surface area (Å²) in [5.41, 5.74) is 0.458. The van der Waals surface area contributed by atoms with Crippen molar-refractivity contribution in [2.24, 2.45) is 10.8 Å². The average Bonchev–Trinajstić information content (AvgIpc) is 3.31. The van der Waals surface area contributed by atoms with Crippen LogP contribution in [-0.4, -0.2) is 94.1 Å². The predicted octanol–water partition coefficient (Wildman–Crippen LogP) is 1.16. The number of fused-ring (bicyclic) bond motifs is 2. The largest absolute Gasteiger partial charge is 0.380 e. The molecule has 4 aliphatic heterocycles. The topological polar surface area (TPSA) is 97.2 Å². The van der Waals surface area contributed by atoms with Gasteiger partial charge in [-0.25, -0.2) is 13.2 Å². The molecule has 172 valence electrons. The first-order valence-corrected chi connectivity index (χ1v) is 12.4. The van der Waals surface area contributed by atoms with Crippen LogP contribution in [0.15, 0.2) is 23.1 Å². The van der Waals surface area contributed by atoms with Gasteiger partial charge in [0, 0.05) is 62.8 Å². The number of carbonyl (C=O) groups excluding carboxylic acids is 1. The van der Waals surface area contributed by atoms with E-state index in [0.717, 1.165) is 5.69 Å². The van der Waals surface area contributed by atoms with E-state index in [-0.39, 0.29) is 33.4 Å². The Kier molecular flexibility index (Phi) is 4.75. The fourth-order valence-electron chi connectivity index (χ4n) is 5.59. The Balaban J connectivity index is 1.44. The zero-order valence-corrected chi connectivity index (χ0v) is 19.6. The molecule has 0 aromatic heterocycles. The van der Waals surface area contributed by atoms with Crippen LogP contribution in [-0.2, 0) is 14.8 Å². The number of nitriles is 1. The molecule has 0 saturated carbocycles. The monoisotopic (exact) mass is 459 g/mol. The number of benzene rings is 1. The molecule has 4 aliphatic rings. The summed E-state index contributed by atoms with van der Waals surface area (Å²) in [6, 6.07) is 7.24. The number of rotatable bonds is 3. The molecule has 1 aromatic rings. The van der Waals surface area contributed by atoms with Gasteiger partial charge >= 0.3 is 6.03 Å². The molecule has 0 N–H and O–H groups in total. The Bertz CT molecular complexity index is 1100. The molecule has 0 aliphatic carbocycles. The fourth-order valence-corrected chi connectivity index (χ4v) is 7.44. The minimum absolute atomic E-state index is 0.0447. The number of carbonyl (C=O) groups is 1. The average molecular weight is 460 g/mol. The first kappa shape index (κ1) is 21.5. The SMILES string of the molecule is CN1CC2CN(c3ccc(C#N)c(S(=O)(=O)N4C[C@]5(C)COC[C@]5(C)C4)c3)CCN2C1=O. The lowest BCUT2D eigenvalue weighted by atomic mass is 9.71. The van der Waals surface area contributed by atoms with Crippen LogP contribution in [0.25, 0.3) is 0 Å². The number of hydrogen-bond acceptors (Lipinski definition) is 6. The molecule has 4 heterocycles. The van der Waals surface area contributed by atoms with Crippen molar-refractivity contribution in [1.29, 1.82) is 5.26 Å². The Morgan fingerprint density at radius 2 is 1.81 bits per heavy atom. The minimum Gasteiger partial charge on any atom is -0.380 e. The van der Waals surface area contributed by atoms with Crippen LogP contribution in [0, 0.1) is 22.2 Å². The van der Waals surface area contributed by atoms with Gasteiger partial charge in [0.25, 0.3) is 0 Å². The van der Waals surface area contributed by atoms with E-state index < -0.39 is 10.0 Å². The van der Waals surface area contributed by atoms with Crippen molar-refractivity contribution in [2.75, 3.05) is 64.4 Å². The first-order valence-electron chi connectivity index (χ1n) is 11.0. The predicted molar refractivity (Wildman–Crippen MR) is 118 cm³/mol. The van der Waals surface area contributed by atoms with Crippen molar-refractivity contribution in [3.63, 3.8) is 0 Å². The van der Waals surface area contributed by atoms with Crippen LogP contribution in [0.1, 0.15) is 19.4 Å². The van der Waals surface area contributed by atoms with Crippen molar-refractivity contribution < 1.29 is 17.9 Å². The number of anilines is 1. The van der Waals surface area contributed by atoms with Crippen molar-refractivity contribution in [3.05, 3.63) is 23.8 Å². The van der Waals surface area contributed by atoms with Gasteiger partial charge in [-0.2, -0.15) is 9.57 Å². The number of ether oxygens (including phenoxy) is 1. The van der Waals surface area contributed by atoms with Crippen LogP contribution in [0.3, 0.4) is 0 Å². The molecule has 1 unspecified atom stereocenters. The Morgan fingerprint density at radius 3 is 2.47 bits per heavy atom. The highest BCUT2D eigenvalue weighted by atomic mass is 32.2. The van der Waals surface area contributed by atoms with E-state index in [2.05, 4.69) is 24.8 Å². The van der Waals surface area contributed by atoms with Crippen molar-refractivity contribution in [2.45, 2.75) is 24.8 Å². The van der Waals surface area contributed by atoms with E-state index in [0.29, 0.717) is 52.5 Å². The van der Waals surface area contributed by atoms with Crippen LogP contribution < -0.4 is 4.90 Å². The quantitative estimate of drug-likeness (QED) is 0.673. The molecule has 2 amide bonds. The number of amides is 2. The summed E-state index contributed by atoms with van der Waals surface area (Å²) >= 11 is 0. The van der Waals surface area contributed by atoms with E-state index in [1.165, 1.54) is 4.31 Å². The van der Waals surface area contributed by atoms with Gasteiger partial charge in [-0.1, -0.05) is 13.8 Å². The molecular weight excluding hydrogens is 430 g/mol. The maximum absolute atomic E-state index is 13.7. The van der Waals surface area contributed by atoms with E-state index >= 15 is 0 Å². The molecule has 1 aromatic carbocycles. The summed E-state index contributed by atoms with van der Waals surface area (Å²) in [6.07, 6.45) is 0. The fraction of sp³-hybridized carbons (Fsp3) is 0.636. The number of nitrogens with zero attached hydrogens (tertiary/aromatic N) is 5. The second-order valence-corrected chi connectivity index (χ2v) is 12.0. The molecular formula is C22H29N5O4S. The third kappa shape index (κ3) is 3.02. The van der Waals surface area contributed by atoms with Gasteiger partial charge in [0.05, 0.1) is 24.8 Å². The highest BCUT2D eigenvalue weighted by molar-refractivity contribution is 7.89. The molecule has 10 heteroatoms. The smallest absolute Gasteiger partial charge is 0.320 e. The van der Waals surface area contributed by atoms with E-state index in [4.69, 9.17) is 4.74 Å². The summed E-state index contributed by atoms with van der Waals surface area (Å²) in [5.74, 6) is 0. The summed E-state index contributed by atoms with van der Waals surface area (Å²) in [7, 11) is -2.04. The lowest BCUT2D eigenvalue weighted by Crippen LogP contribution is -2.52. The van der Waals surface area contributed by atoms with Gasteiger partial charge in [-0.15, -0.1) is 0 Å². The normalized spacial score (nSPS) is 32.9. The zero-order chi connectivity index (χ0) is 22.9. The standard InChI is InChI=1S/C22H29N5O4S/c1-21-12-26(13-22(21,2)15-31-14-21)32(29,30)19-8-17(5-4-16(19)9-23)25-6-7-27-18(11-25)10-24(3)20(27)28/h4-5,8,18H,6-7,10-15H2,1-3H3/t18?,21-,22+. The van der Waals surface area contributed by atoms with E-state index in [1.54, 1.807) is 24.1 Å².